The SMILES string of the molecule is CCCCCOC(=O)c1c(C)oc2ccc(NS(=O)(=O)c3cc(Cl)ccc3Cl)cc12. The molecular weight excluding hydrogens is 449 g/mol. The van der Waals surface area contributed by atoms with Gasteiger partial charge in [-0.3, -0.25) is 4.72 Å². The molecule has 0 aliphatic heterocycles. The number of ether oxygens (including phenoxy) is 1. The van der Waals surface area contributed by atoms with Crippen LogP contribution in [0.5, 0.6) is 0 Å². The number of rotatable bonds is 8. The first-order valence-corrected chi connectivity index (χ1v) is 11.6. The molecule has 1 N–H and O–H groups in total. The van der Waals surface area contributed by atoms with Crippen molar-refractivity contribution in [1.82, 2.24) is 0 Å². The van der Waals surface area contributed by atoms with Crippen molar-refractivity contribution in [3.8, 4) is 0 Å². The number of anilines is 1. The summed E-state index contributed by atoms with van der Waals surface area (Å²) in [4.78, 5) is 12.4. The van der Waals surface area contributed by atoms with Crippen molar-refractivity contribution < 1.29 is 22.4 Å². The molecule has 0 saturated heterocycles. The van der Waals surface area contributed by atoms with Crippen LogP contribution in [0.4, 0.5) is 5.69 Å². The molecule has 0 amide bonds. The molecule has 0 radical (unpaired) electrons. The van der Waals surface area contributed by atoms with Gasteiger partial charge in [-0.15, -0.1) is 0 Å². The van der Waals surface area contributed by atoms with E-state index in [0.717, 1.165) is 19.3 Å². The molecule has 2 aromatic carbocycles. The van der Waals surface area contributed by atoms with Crippen molar-refractivity contribution in [2.24, 2.45) is 0 Å². The maximum atomic E-state index is 12.8. The summed E-state index contributed by atoms with van der Waals surface area (Å²) in [6, 6.07) is 8.84. The van der Waals surface area contributed by atoms with Gasteiger partial charge < -0.3 is 9.15 Å². The number of carbonyl (C=O) groups is 1. The van der Waals surface area contributed by atoms with Crippen LogP contribution in [0.25, 0.3) is 11.0 Å². The number of carbonyl (C=O) groups excluding carboxylic acids is 1. The average Bonchev–Trinajstić information content (AvgIpc) is 3.01. The minimum atomic E-state index is -4.00. The lowest BCUT2D eigenvalue weighted by Gasteiger charge is -2.10. The minimum absolute atomic E-state index is 0.0449. The Morgan fingerprint density at radius 2 is 1.90 bits per heavy atom. The van der Waals surface area contributed by atoms with E-state index < -0.39 is 16.0 Å². The van der Waals surface area contributed by atoms with Crippen LogP contribution in [-0.4, -0.2) is 21.0 Å². The molecule has 0 fully saturated rings. The molecule has 9 heteroatoms. The van der Waals surface area contributed by atoms with Gasteiger partial charge in [0.05, 0.1) is 11.6 Å². The second-order valence-electron chi connectivity index (χ2n) is 6.77. The monoisotopic (exact) mass is 469 g/mol. The zero-order valence-electron chi connectivity index (χ0n) is 16.5. The fourth-order valence-electron chi connectivity index (χ4n) is 3.02. The summed E-state index contributed by atoms with van der Waals surface area (Å²) < 4.78 is 39.0. The van der Waals surface area contributed by atoms with Gasteiger partial charge in [-0.1, -0.05) is 43.0 Å². The first kappa shape index (κ1) is 22.5. The lowest BCUT2D eigenvalue weighted by Crippen LogP contribution is -2.13. The zero-order chi connectivity index (χ0) is 21.9. The molecule has 0 saturated carbocycles. The van der Waals surface area contributed by atoms with E-state index in [1.165, 1.54) is 30.3 Å². The summed E-state index contributed by atoms with van der Waals surface area (Å²) in [6.07, 6.45) is 2.77. The van der Waals surface area contributed by atoms with Crippen LogP contribution < -0.4 is 4.72 Å². The van der Waals surface area contributed by atoms with Gasteiger partial charge >= 0.3 is 5.97 Å². The van der Waals surface area contributed by atoms with Crippen LogP contribution in [-0.2, 0) is 14.8 Å². The third-order valence-electron chi connectivity index (χ3n) is 4.48. The molecule has 1 heterocycles. The Bertz CT molecular complexity index is 1190. The van der Waals surface area contributed by atoms with Crippen LogP contribution in [0.3, 0.4) is 0 Å². The Balaban J connectivity index is 1.91. The zero-order valence-corrected chi connectivity index (χ0v) is 18.8. The van der Waals surface area contributed by atoms with Crippen LogP contribution in [0.15, 0.2) is 45.7 Å². The molecule has 0 bridgehead atoms. The molecule has 0 aliphatic rings. The Kier molecular flexibility index (Phi) is 6.95. The van der Waals surface area contributed by atoms with Gasteiger partial charge in [0.1, 0.15) is 21.8 Å². The number of unbranched alkanes of at least 4 members (excludes halogenated alkanes) is 2. The molecule has 3 rings (SSSR count). The van der Waals surface area contributed by atoms with E-state index in [-0.39, 0.29) is 26.2 Å². The number of benzene rings is 2. The molecule has 160 valence electrons. The highest BCUT2D eigenvalue weighted by molar-refractivity contribution is 7.92. The largest absolute Gasteiger partial charge is 0.462 e. The molecule has 0 atom stereocenters. The van der Waals surface area contributed by atoms with Gasteiger partial charge in [-0.05, 0) is 49.7 Å². The second kappa shape index (κ2) is 9.29. The second-order valence-corrected chi connectivity index (χ2v) is 9.26. The number of fused-ring (bicyclic) bond motifs is 1. The average molecular weight is 470 g/mol. The fraction of sp³-hybridized carbons (Fsp3) is 0.286. The number of aryl methyl sites for hydroxylation is 1. The predicted octanol–water partition coefficient (Wildman–Crippen LogP) is 6.20. The van der Waals surface area contributed by atoms with Crippen molar-refractivity contribution in [1.29, 1.82) is 0 Å². The number of furan rings is 1. The van der Waals surface area contributed by atoms with Gasteiger partial charge in [-0.2, -0.15) is 0 Å². The molecule has 6 nitrogen and oxygen atoms in total. The van der Waals surface area contributed by atoms with Crippen LogP contribution in [0, 0.1) is 6.92 Å². The molecule has 3 aromatic rings. The summed E-state index contributed by atoms with van der Waals surface area (Å²) >= 11 is 11.9. The van der Waals surface area contributed by atoms with Crippen molar-refractivity contribution in [3.05, 3.63) is 57.8 Å². The number of hydrogen-bond acceptors (Lipinski definition) is 5. The van der Waals surface area contributed by atoms with Crippen molar-refractivity contribution >= 4 is 55.9 Å². The van der Waals surface area contributed by atoms with Crippen LogP contribution in [0.1, 0.15) is 42.3 Å². The van der Waals surface area contributed by atoms with E-state index in [1.54, 1.807) is 13.0 Å². The number of esters is 1. The van der Waals surface area contributed by atoms with E-state index in [0.29, 0.717) is 23.3 Å². The van der Waals surface area contributed by atoms with Gasteiger partial charge in [-0.25, -0.2) is 13.2 Å². The minimum Gasteiger partial charge on any atom is -0.462 e. The normalized spacial score (nSPS) is 11.6. The highest BCUT2D eigenvalue weighted by Gasteiger charge is 2.22. The van der Waals surface area contributed by atoms with Gasteiger partial charge in [0, 0.05) is 16.1 Å². The number of nitrogens with one attached hydrogen (secondary N) is 1. The lowest BCUT2D eigenvalue weighted by molar-refractivity contribution is 0.0498. The molecule has 30 heavy (non-hydrogen) atoms. The Morgan fingerprint density at radius 3 is 2.63 bits per heavy atom. The molecule has 1 aromatic heterocycles. The Labute approximate surface area is 185 Å². The Hall–Kier alpha value is -2.22. The summed E-state index contributed by atoms with van der Waals surface area (Å²) in [5, 5.41) is 0.752. The summed E-state index contributed by atoms with van der Waals surface area (Å²) in [7, 11) is -4.00. The van der Waals surface area contributed by atoms with E-state index in [1.807, 2.05) is 0 Å². The van der Waals surface area contributed by atoms with Crippen LogP contribution in [0.2, 0.25) is 10.0 Å². The number of halogens is 2. The number of sulfonamides is 1. The third-order valence-corrected chi connectivity index (χ3v) is 6.58. The lowest BCUT2D eigenvalue weighted by atomic mass is 10.1. The van der Waals surface area contributed by atoms with Crippen molar-refractivity contribution in [3.63, 3.8) is 0 Å². The first-order valence-electron chi connectivity index (χ1n) is 9.41. The highest BCUT2D eigenvalue weighted by Crippen LogP contribution is 2.31. The standard InChI is InChI=1S/C21H21Cl2NO5S/c1-3-4-5-10-28-21(25)20-13(2)29-18-9-7-15(12-16(18)20)24-30(26,27)19-11-14(22)6-8-17(19)23/h6-9,11-12,24H,3-5,10H2,1-2H3. The van der Waals surface area contributed by atoms with E-state index in [2.05, 4.69) is 11.6 Å². The smallest absolute Gasteiger partial charge is 0.342 e. The van der Waals surface area contributed by atoms with E-state index >= 15 is 0 Å². The molecule has 0 unspecified atom stereocenters. The van der Waals surface area contributed by atoms with Gasteiger partial charge in [0.15, 0.2) is 0 Å². The van der Waals surface area contributed by atoms with Crippen molar-refractivity contribution in [2.45, 2.75) is 38.0 Å². The molecule has 0 spiro atoms. The highest BCUT2D eigenvalue weighted by atomic mass is 35.5. The summed E-state index contributed by atoms with van der Waals surface area (Å²) in [5.74, 6) is -0.0939. The Morgan fingerprint density at radius 1 is 1.13 bits per heavy atom. The maximum Gasteiger partial charge on any atom is 0.342 e. The fourth-order valence-corrected chi connectivity index (χ4v) is 4.83. The quantitative estimate of drug-likeness (QED) is 0.313. The summed E-state index contributed by atoms with van der Waals surface area (Å²) in [6.45, 7) is 4.05. The third kappa shape index (κ3) is 4.91. The van der Waals surface area contributed by atoms with Crippen molar-refractivity contribution in [2.75, 3.05) is 11.3 Å². The molecule has 0 aliphatic carbocycles. The maximum absolute atomic E-state index is 12.8. The first-order chi connectivity index (χ1) is 14.2. The predicted molar refractivity (Wildman–Crippen MR) is 118 cm³/mol. The van der Waals surface area contributed by atoms with Gasteiger partial charge in [0.25, 0.3) is 10.0 Å². The number of hydrogen-bond donors (Lipinski definition) is 1. The van der Waals surface area contributed by atoms with Crippen LogP contribution >= 0.6 is 23.2 Å². The van der Waals surface area contributed by atoms with Gasteiger partial charge in [0.2, 0.25) is 0 Å². The summed E-state index contributed by atoms with van der Waals surface area (Å²) in [5.41, 5.74) is 0.986. The molecular formula is C21H21Cl2NO5S. The van der Waals surface area contributed by atoms with E-state index in [4.69, 9.17) is 32.4 Å². The van der Waals surface area contributed by atoms with E-state index in [9.17, 15) is 13.2 Å². The topological polar surface area (TPSA) is 85.6 Å².